The molecule has 1 amide bonds. The fraction of sp³-hybridized carbons (Fsp3) is 0.261. The molecule has 1 atom stereocenters. The molecule has 4 aromatic rings. The number of likely N-dealkylation sites (N-methyl/N-ethyl adjacent to an activating group) is 1. The zero-order valence-electron chi connectivity index (χ0n) is 18.8. The Labute approximate surface area is 203 Å². The van der Waals surface area contributed by atoms with E-state index in [1.165, 1.54) is 22.4 Å². The van der Waals surface area contributed by atoms with Gasteiger partial charge in [-0.05, 0) is 24.6 Å². The van der Waals surface area contributed by atoms with E-state index in [1.807, 2.05) is 11.4 Å². The molecule has 0 unspecified atom stereocenters. The summed E-state index contributed by atoms with van der Waals surface area (Å²) in [7, 11) is 1.67. The summed E-state index contributed by atoms with van der Waals surface area (Å²) < 4.78 is 26.4. The van der Waals surface area contributed by atoms with Crippen molar-refractivity contribution in [3.63, 3.8) is 0 Å². The van der Waals surface area contributed by atoms with Crippen LogP contribution < -0.4 is 5.32 Å². The first-order valence-corrected chi connectivity index (χ1v) is 11.6. The highest BCUT2D eigenvalue weighted by Crippen LogP contribution is 2.36. The number of carbonyl (C=O) groups excluding carboxylic acids is 1. The molecule has 3 aromatic heterocycles. The highest BCUT2D eigenvalue weighted by molar-refractivity contribution is 7.13. The Hall–Kier alpha value is -3.77. The molecule has 0 aliphatic carbocycles. The first-order chi connectivity index (χ1) is 16.7. The second-order valence-electron chi connectivity index (χ2n) is 8.23. The van der Waals surface area contributed by atoms with Gasteiger partial charge in [0.2, 0.25) is 5.95 Å². The van der Waals surface area contributed by atoms with Gasteiger partial charge in [-0.3, -0.25) is 4.79 Å². The second-order valence-corrected chi connectivity index (χ2v) is 9.09. The molecule has 1 fully saturated rings. The minimum atomic E-state index is -2.74. The summed E-state index contributed by atoms with van der Waals surface area (Å²) in [5, 5.41) is 20.2. The van der Waals surface area contributed by atoms with Crippen LogP contribution in [-0.2, 0) is 10.4 Å². The van der Waals surface area contributed by atoms with Crippen LogP contribution in [0.1, 0.15) is 24.2 Å². The first kappa shape index (κ1) is 23.0. The number of nitrogens with one attached hydrogen (secondary N) is 1. The lowest BCUT2D eigenvalue weighted by atomic mass is 9.91. The van der Waals surface area contributed by atoms with Gasteiger partial charge >= 0.3 is 6.55 Å². The lowest BCUT2D eigenvalue weighted by Crippen LogP contribution is -2.36. The van der Waals surface area contributed by atoms with E-state index in [9.17, 15) is 18.7 Å². The van der Waals surface area contributed by atoms with Gasteiger partial charge in [0, 0.05) is 37.2 Å². The molecule has 2 N–H and O–H groups in total. The predicted octanol–water partition coefficient (Wildman–Crippen LogP) is 3.96. The van der Waals surface area contributed by atoms with Crippen LogP contribution >= 0.6 is 11.3 Å². The molecule has 9 nitrogen and oxygen atoms in total. The number of likely N-dealkylation sites (tertiary alicyclic amines) is 1. The van der Waals surface area contributed by atoms with Gasteiger partial charge in [-0.2, -0.15) is 13.9 Å². The smallest absolute Gasteiger partial charge is 0.333 e. The Morgan fingerprint density at radius 1 is 1.23 bits per heavy atom. The number of benzene rings is 1. The van der Waals surface area contributed by atoms with Crippen LogP contribution in [-0.4, -0.2) is 54.2 Å². The average Bonchev–Trinajstić information content (AvgIpc) is 3.55. The topological polar surface area (TPSA) is 109 Å². The fourth-order valence-electron chi connectivity index (χ4n) is 3.94. The molecule has 12 heteroatoms. The van der Waals surface area contributed by atoms with E-state index >= 15 is 0 Å². The fourth-order valence-corrected chi connectivity index (χ4v) is 4.75. The Morgan fingerprint density at radius 2 is 2.06 bits per heavy atom. The summed E-state index contributed by atoms with van der Waals surface area (Å²) in [5.41, 5.74) is 1.70. The van der Waals surface area contributed by atoms with E-state index < -0.39 is 12.2 Å². The van der Waals surface area contributed by atoms with Gasteiger partial charge in [-0.15, -0.1) is 11.3 Å². The molecule has 1 aliphatic rings. The third-order valence-electron chi connectivity index (χ3n) is 5.88. The molecular formula is C23H21F2N7O2S. The number of halogens is 2. The molecule has 0 radical (unpaired) electrons. The molecule has 180 valence electrons. The van der Waals surface area contributed by atoms with Crippen molar-refractivity contribution in [2.24, 2.45) is 0 Å². The Balaban J connectivity index is 1.39. The molecule has 1 saturated heterocycles. The average molecular weight is 498 g/mol. The van der Waals surface area contributed by atoms with Gasteiger partial charge in [0.25, 0.3) is 5.91 Å². The molecule has 0 spiro atoms. The van der Waals surface area contributed by atoms with Crippen molar-refractivity contribution >= 4 is 28.9 Å². The number of aliphatic hydroxyl groups is 1. The molecule has 0 bridgehead atoms. The zero-order valence-corrected chi connectivity index (χ0v) is 19.6. The van der Waals surface area contributed by atoms with Crippen molar-refractivity contribution in [3.05, 3.63) is 59.4 Å². The van der Waals surface area contributed by atoms with Gasteiger partial charge in [-0.1, -0.05) is 18.2 Å². The summed E-state index contributed by atoms with van der Waals surface area (Å²) in [4.78, 5) is 27.3. The minimum absolute atomic E-state index is 0.224. The van der Waals surface area contributed by atoms with E-state index in [4.69, 9.17) is 0 Å². The van der Waals surface area contributed by atoms with Gasteiger partial charge in [-0.25, -0.2) is 19.6 Å². The summed E-state index contributed by atoms with van der Waals surface area (Å²) in [5.74, 6) is -0.0909. The number of hydrogen-bond acceptors (Lipinski definition) is 8. The molecule has 1 aromatic carbocycles. The Bertz CT molecular complexity index is 1410. The summed E-state index contributed by atoms with van der Waals surface area (Å²) in [6, 6.07) is 8.90. The third kappa shape index (κ3) is 4.26. The summed E-state index contributed by atoms with van der Waals surface area (Å²) >= 11 is 1.40. The van der Waals surface area contributed by atoms with Gasteiger partial charge < -0.3 is 15.3 Å². The number of aryl methyl sites for hydroxylation is 1. The third-order valence-corrected chi connectivity index (χ3v) is 6.77. The van der Waals surface area contributed by atoms with Crippen molar-refractivity contribution in [2.45, 2.75) is 25.5 Å². The van der Waals surface area contributed by atoms with Gasteiger partial charge in [0.05, 0.1) is 23.3 Å². The first-order valence-electron chi connectivity index (χ1n) is 10.7. The SMILES string of the molecule is Cc1nn(C(F)F)cc1Nc1nccc(-c2csc(-c3cccc([C@]4(O)CCN(C)C4=O)c3)n2)n1. The van der Waals surface area contributed by atoms with Gasteiger partial charge in [0.1, 0.15) is 10.7 Å². The Morgan fingerprint density at radius 3 is 2.77 bits per heavy atom. The highest BCUT2D eigenvalue weighted by atomic mass is 32.1. The van der Waals surface area contributed by atoms with Crippen LogP contribution in [0, 0.1) is 6.92 Å². The molecule has 0 saturated carbocycles. The van der Waals surface area contributed by atoms with Crippen molar-refractivity contribution in [3.8, 4) is 22.0 Å². The van der Waals surface area contributed by atoms with Crippen LogP contribution in [0.2, 0.25) is 0 Å². The quantitative estimate of drug-likeness (QED) is 0.415. The molecule has 4 heterocycles. The van der Waals surface area contributed by atoms with Crippen molar-refractivity contribution in [2.75, 3.05) is 18.9 Å². The highest BCUT2D eigenvalue weighted by Gasteiger charge is 2.45. The number of thiazole rings is 1. The van der Waals surface area contributed by atoms with E-state index in [0.717, 1.165) is 5.56 Å². The maximum absolute atomic E-state index is 12.9. The predicted molar refractivity (Wildman–Crippen MR) is 126 cm³/mol. The number of carbonyl (C=O) groups is 1. The molecular weight excluding hydrogens is 476 g/mol. The van der Waals surface area contributed by atoms with Crippen LogP contribution in [0.4, 0.5) is 20.4 Å². The number of nitrogens with zero attached hydrogens (tertiary/aromatic N) is 6. The number of aromatic nitrogens is 5. The summed E-state index contributed by atoms with van der Waals surface area (Å²) in [6.07, 6.45) is 3.08. The standard InChI is InChI=1S/C23H21F2N7O2S/c1-13-17(11-32(30-13)21(24)25)29-22-26-8-6-16(28-22)18-12-35-19(27-18)14-4-3-5-15(10-14)23(34)7-9-31(2)20(23)33/h3-6,8,10-12,21,34H,7,9H2,1-2H3,(H,26,28,29)/t23-/m1/s1. The minimum Gasteiger partial charge on any atom is -0.375 e. The zero-order chi connectivity index (χ0) is 24.7. The monoisotopic (exact) mass is 497 g/mol. The molecule has 35 heavy (non-hydrogen) atoms. The van der Waals surface area contributed by atoms with Crippen LogP contribution in [0.5, 0.6) is 0 Å². The number of rotatable bonds is 6. The lowest BCUT2D eigenvalue weighted by Gasteiger charge is -2.21. The lowest BCUT2D eigenvalue weighted by molar-refractivity contribution is -0.143. The number of anilines is 2. The normalized spacial score (nSPS) is 18.0. The van der Waals surface area contributed by atoms with Crippen molar-refractivity contribution < 1.29 is 18.7 Å². The molecule has 5 rings (SSSR count). The van der Waals surface area contributed by atoms with E-state index in [-0.39, 0.29) is 11.9 Å². The number of alkyl halides is 2. The molecule has 1 aliphatic heterocycles. The van der Waals surface area contributed by atoms with Crippen molar-refractivity contribution in [1.29, 1.82) is 0 Å². The largest absolute Gasteiger partial charge is 0.375 e. The maximum atomic E-state index is 12.9. The van der Waals surface area contributed by atoms with Crippen LogP contribution in [0.25, 0.3) is 22.0 Å². The summed E-state index contributed by atoms with van der Waals surface area (Å²) in [6.45, 7) is -0.635. The van der Waals surface area contributed by atoms with Crippen LogP contribution in [0.3, 0.4) is 0 Å². The Kier molecular flexibility index (Phi) is 5.77. The van der Waals surface area contributed by atoms with E-state index in [1.54, 1.807) is 44.4 Å². The number of amides is 1. The van der Waals surface area contributed by atoms with Gasteiger partial charge in [0.15, 0.2) is 5.60 Å². The maximum Gasteiger partial charge on any atom is 0.333 e. The van der Waals surface area contributed by atoms with Crippen LogP contribution in [0.15, 0.2) is 48.1 Å². The van der Waals surface area contributed by atoms with Crippen molar-refractivity contribution in [1.82, 2.24) is 29.6 Å². The second kappa shape index (κ2) is 8.78. The van der Waals surface area contributed by atoms with E-state index in [0.29, 0.717) is 51.0 Å². The van der Waals surface area contributed by atoms with E-state index in [2.05, 4.69) is 25.4 Å². The number of hydrogen-bond donors (Lipinski definition) is 2.